The first-order chi connectivity index (χ1) is 10.9. The molecule has 1 aliphatic carbocycles. The molecule has 0 unspecified atom stereocenters. The van der Waals surface area contributed by atoms with Gasteiger partial charge in [-0.15, -0.1) is 0 Å². The summed E-state index contributed by atoms with van der Waals surface area (Å²) >= 11 is 0. The van der Waals surface area contributed by atoms with Crippen molar-refractivity contribution < 1.29 is 9.31 Å². The van der Waals surface area contributed by atoms with Crippen LogP contribution in [0.4, 0.5) is 0 Å². The SMILES string of the molecule is CC1(C)OB(c2ccn3ncc(C4CCCC4)c3c2)OC1(C)C. The van der Waals surface area contributed by atoms with Crippen molar-refractivity contribution in [2.45, 2.75) is 70.5 Å². The van der Waals surface area contributed by atoms with Crippen molar-refractivity contribution in [1.82, 2.24) is 9.61 Å². The molecular weight excluding hydrogens is 287 g/mol. The van der Waals surface area contributed by atoms with Crippen LogP contribution >= 0.6 is 0 Å². The highest BCUT2D eigenvalue weighted by Crippen LogP contribution is 2.38. The van der Waals surface area contributed by atoms with Crippen LogP contribution < -0.4 is 5.46 Å². The molecule has 0 atom stereocenters. The zero-order valence-corrected chi connectivity index (χ0v) is 14.5. The maximum Gasteiger partial charge on any atom is 0.494 e. The molecule has 0 radical (unpaired) electrons. The monoisotopic (exact) mass is 312 g/mol. The van der Waals surface area contributed by atoms with Crippen LogP contribution in [-0.4, -0.2) is 27.9 Å². The fraction of sp³-hybridized carbons (Fsp3) is 0.611. The number of aromatic nitrogens is 2. The second-order valence-electron chi connectivity index (χ2n) is 7.96. The molecular formula is C18H25BN2O2. The predicted molar refractivity (Wildman–Crippen MR) is 92.1 cm³/mol. The van der Waals surface area contributed by atoms with Crippen molar-refractivity contribution in [3.05, 3.63) is 30.1 Å². The van der Waals surface area contributed by atoms with Gasteiger partial charge in [-0.1, -0.05) is 12.8 Å². The number of hydrogen-bond donors (Lipinski definition) is 0. The molecule has 1 saturated heterocycles. The quantitative estimate of drug-likeness (QED) is 0.798. The molecule has 0 amide bonds. The Hall–Kier alpha value is -1.33. The summed E-state index contributed by atoms with van der Waals surface area (Å²) in [5, 5.41) is 4.52. The summed E-state index contributed by atoms with van der Waals surface area (Å²) < 4.78 is 14.4. The molecule has 0 spiro atoms. The van der Waals surface area contributed by atoms with E-state index in [2.05, 4.69) is 44.9 Å². The van der Waals surface area contributed by atoms with Gasteiger partial charge in [-0.3, -0.25) is 0 Å². The topological polar surface area (TPSA) is 35.8 Å². The molecule has 4 nitrogen and oxygen atoms in total. The number of fused-ring (bicyclic) bond motifs is 1. The first-order valence-electron chi connectivity index (χ1n) is 8.70. The minimum Gasteiger partial charge on any atom is -0.399 e. The Labute approximate surface area is 138 Å². The van der Waals surface area contributed by atoms with Crippen LogP contribution in [-0.2, 0) is 9.31 Å². The summed E-state index contributed by atoms with van der Waals surface area (Å²) in [4.78, 5) is 0. The zero-order valence-electron chi connectivity index (χ0n) is 14.5. The molecule has 0 aromatic carbocycles. The summed E-state index contributed by atoms with van der Waals surface area (Å²) in [5.41, 5.74) is 3.04. The van der Waals surface area contributed by atoms with Crippen molar-refractivity contribution >= 4 is 18.1 Å². The minimum atomic E-state index is -0.309. The van der Waals surface area contributed by atoms with Crippen LogP contribution in [0, 0.1) is 0 Å². The summed E-state index contributed by atoms with van der Waals surface area (Å²) in [5.74, 6) is 0.654. The lowest BCUT2D eigenvalue weighted by molar-refractivity contribution is 0.00578. The summed E-state index contributed by atoms with van der Waals surface area (Å²) in [7, 11) is -0.309. The van der Waals surface area contributed by atoms with Gasteiger partial charge in [0.25, 0.3) is 0 Å². The normalized spacial score (nSPS) is 23.9. The van der Waals surface area contributed by atoms with Gasteiger partial charge in [0.2, 0.25) is 0 Å². The Balaban J connectivity index is 1.70. The molecule has 4 rings (SSSR count). The lowest BCUT2D eigenvalue weighted by Crippen LogP contribution is -2.41. The number of rotatable bonds is 2. The summed E-state index contributed by atoms with van der Waals surface area (Å²) in [6.45, 7) is 8.37. The predicted octanol–water partition coefficient (Wildman–Crippen LogP) is 3.29. The maximum atomic E-state index is 6.19. The van der Waals surface area contributed by atoms with Crippen molar-refractivity contribution in [2.24, 2.45) is 0 Å². The second-order valence-corrected chi connectivity index (χ2v) is 7.96. The molecule has 23 heavy (non-hydrogen) atoms. The Morgan fingerprint density at radius 2 is 1.78 bits per heavy atom. The minimum absolute atomic E-state index is 0.307. The van der Waals surface area contributed by atoms with E-state index < -0.39 is 0 Å². The third kappa shape index (κ3) is 2.41. The largest absolute Gasteiger partial charge is 0.494 e. The Kier molecular flexibility index (Phi) is 3.36. The number of hydrogen-bond acceptors (Lipinski definition) is 3. The molecule has 0 bridgehead atoms. The van der Waals surface area contributed by atoms with E-state index in [1.165, 1.54) is 36.8 Å². The number of nitrogens with zero attached hydrogens (tertiary/aromatic N) is 2. The fourth-order valence-corrected chi connectivity index (χ4v) is 3.69. The van der Waals surface area contributed by atoms with E-state index in [0.717, 1.165) is 5.46 Å². The van der Waals surface area contributed by atoms with E-state index in [9.17, 15) is 0 Å². The molecule has 1 saturated carbocycles. The molecule has 2 aliphatic rings. The van der Waals surface area contributed by atoms with E-state index in [1.807, 2.05) is 16.9 Å². The van der Waals surface area contributed by atoms with Crippen molar-refractivity contribution in [1.29, 1.82) is 0 Å². The van der Waals surface area contributed by atoms with Gasteiger partial charge in [0.1, 0.15) is 0 Å². The van der Waals surface area contributed by atoms with E-state index in [0.29, 0.717) is 5.92 Å². The first-order valence-corrected chi connectivity index (χ1v) is 8.70. The van der Waals surface area contributed by atoms with Gasteiger partial charge in [0.05, 0.1) is 22.9 Å². The lowest BCUT2D eigenvalue weighted by Gasteiger charge is -2.32. The highest BCUT2D eigenvalue weighted by atomic mass is 16.7. The summed E-state index contributed by atoms with van der Waals surface area (Å²) in [6.07, 6.45) is 9.29. The van der Waals surface area contributed by atoms with Gasteiger partial charge in [0, 0.05) is 11.8 Å². The van der Waals surface area contributed by atoms with Crippen molar-refractivity contribution in [3.63, 3.8) is 0 Å². The van der Waals surface area contributed by atoms with E-state index in [4.69, 9.17) is 9.31 Å². The molecule has 5 heteroatoms. The highest BCUT2D eigenvalue weighted by molar-refractivity contribution is 6.62. The average Bonchev–Trinajstić information content (AvgIpc) is 3.17. The van der Waals surface area contributed by atoms with Gasteiger partial charge in [-0.05, 0) is 64.1 Å². The van der Waals surface area contributed by atoms with E-state index in [1.54, 1.807) is 0 Å². The van der Waals surface area contributed by atoms with E-state index in [-0.39, 0.29) is 18.3 Å². The van der Waals surface area contributed by atoms with Gasteiger partial charge >= 0.3 is 7.12 Å². The molecule has 122 valence electrons. The van der Waals surface area contributed by atoms with Crippen LogP contribution in [0.15, 0.2) is 24.5 Å². The standard InChI is InChI=1S/C18H25BN2O2/c1-17(2)18(3,4)23-19(22-17)14-9-10-21-16(11-14)15(12-20-21)13-7-5-6-8-13/h9-13H,5-8H2,1-4H3. The number of pyridine rings is 1. The van der Waals surface area contributed by atoms with Crippen LogP contribution in [0.5, 0.6) is 0 Å². The van der Waals surface area contributed by atoms with Crippen LogP contribution in [0.3, 0.4) is 0 Å². The Morgan fingerprint density at radius 3 is 2.43 bits per heavy atom. The fourth-order valence-electron chi connectivity index (χ4n) is 3.69. The van der Waals surface area contributed by atoms with Crippen LogP contribution in [0.1, 0.15) is 64.9 Å². The van der Waals surface area contributed by atoms with Gasteiger partial charge in [0.15, 0.2) is 0 Å². The summed E-state index contributed by atoms with van der Waals surface area (Å²) in [6, 6.07) is 4.25. The van der Waals surface area contributed by atoms with E-state index >= 15 is 0 Å². The second kappa shape index (κ2) is 5.08. The van der Waals surface area contributed by atoms with Crippen molar-refractivity contribution in [3.8, 4) is 0 Å². The Morgan fingerprint density at radius 1 is 1.13 bits per heavy atom. The van der Waals surface area contributed by atoms with Gasteiger partial charge in [-0.25, -0.2) is 4.52 Å². The molecule has 2 aromatic rings. The highest BCUT2D eigenvalue weighted by Gasteiger charge is 2.51. The third-order valence-electron chi connectivity index (χ3n) is 5.90. The molecule has 2 fully saturated rings. The molecule has 1 aliphatic heterocycles. The smallest absolute Gasteiger partial charge is 0.399 e. The maximum absolute atomic E-state index is 6.19. The zero-order chi connectivity index (χ0) is 16.2. The first kappa shape index (κ1) is 15.2. The average molecular weight is 312 g/mol. The van der Waals surface area contributed by atoms with Crippen LogP contribution in [0.25, 0.3) is 5.52 Å². The third-order valence-corrected chi connectivity index (χ3v) is 5.90. The lowest BCUT2D eigenvalue weighted by atomic mass is 9.79. The molecule has 2 aromatic heterocycles. The Bertz CT molecular complexity index is 716. The van der Waals surface area contributed by atoms with Gasteiger partial charge < -0.3 is 9.31 Å². The van der Waals surface area contributed by atoms with Crippen LogP contribution in [0.2, 0.25) is 0 Å². The van der Waals surface area contributed by atoms with Crippen molar-refractivity contribution in [2.75, 3.05) is 0 Å². The molecule has 0 N–H and O–H groups in total. The van der Waals surface area contributed by atoms with Gasteiger partial charge in [-0.2, -0.15) is 5.10 Å². The molecule has 3 heterocycles.